The molecule has 0 bridgehead atoms. The minimum atomic E-state index is -1.15. The fraction of sp³-hybridized carbons (Fsp3) is 0.273. The molecule has 1 rings (SSSR count). The van der Waals surface area contributed by atoms with Crippen molar-refractivity contribution in [3.8, 4) is 0 Å². The summed E-state index contributed by atoms with van der Waals surface area (Å²) in [6, 6.07) is 3.62. The molecule has 0 aromatic heterocycles. The molecule has 5 nitrogen and oxygen atoms in total. The van der Waals surface area contributed by atoms with Gasteiger partial charge < -0.3 is 16.2 Å². The second-order valence-electron chi connectivity index (χ2n) is 3.50. The summed E-state index contributed by atoms with van der Waals surface area (Å²) in [5.74, 6) is -1.50. The van der Waals surface area contributed by atoms with E-state index in [0.717, 1.165) is 0 Å². The molecular formula is C11H13ClN2O3. The van der Waals surface area contributed by atoms with Crippen LogP contribution < -0.4 is 11.1 Å². The normalized spacial score (nSPS) is 11.9. The monoisotopic (exact) mass is 256 g/mol. The van der Waals surface area contributed by atoms with Gasteiger partial charge in [-0.3, -0.25) is 4.79 Å². The minimum Gasteiger partial charge on any atom is -0.478 e. The number of carboxylic acids is 1. The Balaban J connectivity index is 2.90. The summed E-state index contributed by atoms with van der Waals surface area (Å²) in [5, 5.41) is 11.5. The lowest BCUT2D eigenvalue weighted by Gasteiger charge is -2.10. The lowest BCUT2D eigenvalue weighted by molar-refractivity contribution is -0.117. The van der Waals surface area contributed by atoms with Crippen LogP contribution in [0.4, 0.5) is 5.69 Å². The van der Waals surface area contributed by atoms with Crippen LogP contribution in [0.3, 0.4) is 0 Å². The minimum absolute atomic E-state index is 0.0606. The van der Waals surface area contributed by atoms with Crippen LogP contribution in [0.2, 0.25) is 5.02 Å². The summed E-state index contributed by atoms with van der Waals surface area (Å²) in [4.78, 5) is 22.3. The molecule has 17 heavy (non-hydrogen) atoms. The van der Waals surface area contributed by atoms with E-state index in [1.54, 1.807) is 6.92 Å². The van der Waals surface area contributed by atoms with Crippen molar-refractivity contribution in [1.29, 1.82) is 0 Å². The third-order valence-electron chi connectivity index (χ3n) is 2.24. The molecule has 1 unspecified atom stereocenters. The molecule has 6 heteroatoms. The van der Waals surface area contributed by atoms with Gasteiger partial charge >= 0.3 is 5.97 Å². The quantitative estimate of drug-likeness (QED) is 0.765. The summed E-state index contributed by atoms with van der Waals surface area (Å²) in [7, 11) is 0. The second-order valence-corrected chi connectivity index (χ2v) is 3.91. The van der Waals surface area contributed by atoms with Gasteiger partial charge in [-0.1, -0.05) is 18.5 Å². The number of amides is 1. The summed E-state index contributed by atoms with van der Waals surface area (Å²) < 4.78 is 0. The van der Waals surface area contributed by atoms with Crippen LogP contribution in [0, 0.1) is 0 Å². The highest BCUT2D eigenvalue weighted by Gasteiger charge is 2.13. The smallest absolute Gasteiger partial charge is 0.337 e. The molecule has 4 N–H and O–H groups in total. The Labute approximate surface area is 104 Å². The van der Waals surface area contributed by atoms with Gasteiger partial charge in [0.15, 0.2) is 0 Å². The number of rotatable bonds is 4. The number of nitrogens with two attached hydrogens (primary N) is 1. The lowest BCUT2D eigenvalue weighted by Crippen LogP contribution is -2.34. The van der Waals surface area contributed by atoms with Crippen LogP contribution in [0.5, 0.6) is 0 Å². The zero-order valence-corrected chi connectivity index (χ0v) is 9.99. The van der Waals surface area contributed by atoms with Crippen LogP contribution in [0.25, 0.3) is 0 Å². The number of benzene rings is 1. The molecule has 0 spiro atoms. The van der Waals surface area contributed by atoms with Gasteiger partial charge in [-0.25, -0.2) is 4.79 Å². The molecule has 0 fully saturated rings. The van der Waals surface area contributed by atoms with Crippen molar-refractivity contribution in [2.45, 2.75) is 19.4 Å². The average molecular weight is 257 g/mol. The highest BCUT2D eigenvalue weighted by atomic mass is 35.5. The predicted octanol–water partition coefficient (Wildman–Crippen LogP) is 1.71. The zero-order valence-electron chi connectivity index (χ0n) is 9.24. The van der Waals surface area contributed by atoms with Gasteiger partial charge in [0.1, 0.15) is 0 Å². The molecule has 92 valence electrons. The van der Waals surface area contributed by atoms with Gasteiger partial charge in [0.05, 0.1) is 16.6 Å². The SMILES string of the molecule is CCC(N)C(=O)Nc1ccc(Cl)c(C(=O)O)c1. The topological polar surface area (TPSA) is 92.4 Å². The fourth-order valence-electron chi connectivity index (χ4n) is 1.19. The van der Waals surface area contributed by atoms with Gasteiger partial charge in [-0.2, -0.15) is 0 Å². The van der Waals surface area contributed by atoms with Crippen molar-refractivity contribution in [3.63, 3.8) is 0 Å². The number of hydrogen-bond acceptors (Lipinski definition) is 3. The Bertz CT molecular complexity index is 448. The van der Waals surface area contributed by atoms with Crippen LogP contribution in [0.1, 0.15) is 23.7 Å². The average Bonchev–Trinajstić information content (AvgIpc) is 2.30. The van der Waals surface area contributed by atoms with Gasteiger partial charge in [0.2, 0.25) is 5.91 Å². The first-order valence-electron chi connectivity index (χ1n) is 5.05. The number of carboxylic acid groups (broad SMARTS) is 1. The van der Waals surface area contributed by atoms with E-state index in [-0.39, 0.29) is 16.5 Å². The van der Waals surface area contributed by atoms with E-state index >= 15 is 0 Å². The van der Waals surface area contributed by atoms with E-state index in [9.17, 15) is 9.59 Å². The molecule has 0 heterocycles. The Morgan fingerprint density at radius 2 is 2.18 bits per heavy atom. The van der Waals surface area contributed by atoms with Gasteiger partial charge in [-0.15, -0.1) is 0 Å². The van der Waals surface area contributed by atoms with E-state index < -0.39 is 12.0 Å². The molecule has 0 saturated carbocycles. The van der Waals surface area contributed by atoms with Crippen molar-refractivity contribution in [2.24, 2.45) is 5.73 Å². The number of hydrogen-bond donors (Lipinski definition) is 3. The maximum atomic E-state index is 11.5. The van der Waals surface area contributed by atoms with E-state index in [1.165, 1.54) is 18.2 Å². The van der Waals surface area contributed by atoms with Crippen LogP contribution in [-0.4, -0.2) is 23.0 Å². The number of anilines is 1. The highest BCUT2D eigenvalue weighted by molar-refractivity contribution is 6.33. The Morgan fingerprint density at radius 1 is 1.53 bits per heavy atom. The standard InChI is InChI=1S/C11H13ClN2O3/c1-2-9(13)10(15)14-6-3-4-8(12)7(5-6)11(16)17/h3-5,9H,2,13H2,1H3,(H,14,15)(H,16,17). The Kier molecular flexibility index (Phi) is 4.48. The first kappa shape index (κ1) is 13.5. The van der Waals surface area contributed by atoms with Crippen LogP contribution in [0.15, 0.2) is 18.2 Å². The molecule has 1 aromatic rings. The third-order valence-corrected chi connectivity index (χ3v) is 2.57. The van der Waals surface area contributed by atoms with Crippen molar-refractivity contribution >= 4 is 29.2 Å². The van der Waals surface area contributed by atoms with Crippen molar-refractivity contribution in [2.75, 3.05) is 5.32 Å². The summed E-state index contributed by atoms with van der Waals surface area (Å²) in [6.45, 7) is 1.79. The van der Waals surface area contributed by atoms with E-state index in [4.69, 9.17) is 22.4 Å². The van der Waals surface area contributed by atoms with Crippen LogP contribution in [-0.2, 0) is 4.79 Å². The second kappa shape index (κ2) is 5.65. The van der Waals surface area contributed by atoms with Gasteiger partial charge in [-0.05, 0) is 24.6 Å². The highest BCUT2D eigenvalue weighted by Crippen LogP contribution is 2.20. The number of halogens is 1. The molecule has 1 amide bonds. The molecule has 1 atom stereocenters. The molecule has 0 aliphatic heterocycles. The largest absolute Gasteiger partial charge is 0.478 e. The molecule has 0 radical (unpaired) electrons. The lowest BCUT2D eigenvalue weighted by atomic mass is 10.2. The predicted molar refractivity (Wildman–Crippen MR) is 65.3 cm³/mol. The van der Waals surface area contributed by atoms with Crippen molar-refractivity contribution in [1.82, 2.24) is 0 Å². The Hall–Kier alpha value is -1.59. The molecule has 0 saturated heterocycles. The number of carbonyl (C=O) groups is 2. The van der Waals surface area contributed by atoms with Crippen LogP contribution >= 0.6 is 11.6 Å². The summed E-state index contributed by atoms with van der Waals surface area (Å²) >= 11 is 5.70. The van der Waals surface area contributed by atoms with E-state index in [0.29, 0.717) is 12.1 Å². The first-order chi connectivity index (χ1) is 7.95. The maximum absolute atomic E-state index is 11.5. The van der Waals surface area contributed by atoms with Gasteiger partial charge in [0.25, 0.3) is 0 Å². The number of nitrogens with one attached hydrogen (secondary N) is 1. The molecule has 1 aromatic carbocycles. The van der Waals surface area contributed by atoms with E-state index in [1.807, 2.05) is 0 Å². The first-order valence-corrected chi connectivity index (χ1v) is 5.42. The van der Waals surface area contributed by atoms with Crippen molar-refractivity contribution in [3.05, 3.63) is 28.8 Å². The number of carbonyl (C=O) groups excluding carboxylic acids is 1. The molecule has 0 aliphatic carbocycles. The number of aromatic carboxylic acids is 1. The summed E-state index contributed by atoms with van der Waals surface area (Å²) in [5.41, 5.74) is 5.84. The fourth-order valence-corrected chi connectivity index (χ4v) is 1.39. The third kappa shape index (κ3) is 3.44. The van der Waals surface area contributed by atoms with Gasteiger partial charge in [0, 0.05) is 5.69 Å². The Morgan fingerprint density at radius 3 is 2.71 bits per heavy atom. The maximum Gasteiger partial charge on any atom is 0.337 e. The molecule has 0 aliphatic rings. The zero-order chi connectivity index (χ0) is 13.0. The summed E-state index contributed by atoms with van der Waals surface area (Å²) in [6.07, 6.45) is 0.505. The molecular weight excluding hydrogens is 244 g/mol. The van der Waals surface area contributed by atoms with E-state index in [2.05, 4.69) is 5.32 Å². The van der Waals surface area contributed by atoms with Crippen molar-refractivity contribution < 1.29 is 14.7 Å².